The second-order valence-corrected chi connectivity index (χ2v) is 4.78. The smallest absolute Gasteiger partial charge is 0.133 e. The number of aliphatic hydroxyl groups is 1. The molecule has 0 aliphatic rings. The summed E-state index contributed by atoms with van der Waals surface area (Å²) in [6, 6.07) is 13.6. The van der Waals surface area contributed by atoms with E-state index in [1.54, 1.807) is 24.6 Å². The van der Waals surface area contributed by atoms with Crippen LogP contribution in [0, 0.1) is 0 Å². The number of aromatic nitrogens is 2. The van der Waals surface area contributed by atoms with E-state index < -0.39 is 6.10 Å². The first kappa shape index (κ1) is 13.6. The number of nitrogens with one attached hydrogen (secondary N) is 1. The average Bonchev–Trinajstić information content (AvgIpc) is 3.21. The van der Waals surface area contributed by atoms with Crippen LogP contribution in [-0.2, 0) is 6.54 Å². The Kier molecular flexibility index (Phi) is 4.14. The van der Waals surface area contributed by atoms with Crippen molar-refractivity contribution in [2.75, 3.05) is 6.54 Å². The molecule has 2 heterocycles. The van der Waals surface area contributed by atoms with Gasteiger partial charge in [-0.15, -0.1) is 0 Å². The minimum atomic E-state index is -0.622. The lowest BCUT2D eigenvalue weighted by Crippen LogP contribution is -2.20. The number of nitrogens with zero attached hydrogens (tertiary/aromatic N) is 2. The first-order valence-electron chi connectivity index (χ1n) is 6.84. The van der Waals surface area contributed by atoms with Crippen LogP contribution in [0.25, 0.3) is 5.69 Å². The molecule has 3 rings (SSSR count). The molecule has 2 aromatic heterocycles. The molecule has 1 aromatic carbocycles. The lowest BCUT2D eigenvalue weighted by atomic mass is 10.2. The number of rotatable bonds is 6. The fourth-order valence-electron chi connectivity index (χ4n) is 2.12. The van der Waals surface area contributed by atoms with Gasteiger partial charge >= 0.3 is 0 Å². The Morgan fingerprint density at radius 1 is 1.19 bits per heavy atom. The van der Waals surface area contributed by atoms with E-state index in [4.69, 9.17) is 4.42 Å². The molecule has 1 unspecified atom stereocenters. The molecule has 1 atom stereocenters. The van der Waals surface area contributed by atoms with Crippen molar-refractivity contribution in [1.82, 2.24) is 15.1 Å². The molecule has 0 radical (unpaired) electrons. The van der Waals surface area contributed by atoms with E-state index in [-0.39, 0.29) is 0 Å². The number of aliphatic hydroxyl groups excluding tert-OH is 1. The molecule has 0 spiro atoms. The van der Waals surface area contributed by atoms with Crippen LogP contribution in [0.1, 0.15) is 17.4 Å². The first-order valence-corrected chi connectivity index (χ1v) is 6.84. The Labute approximate surface area is 122 Å². The number of furan rings is 1. The SMILES string of the molecule is OC(CNCc1ccc(-n2cccn2)cc1)c1ccco1. The van der Waals surface area contributed by atoms with Gasteiger partial charge in [-0.05, 0) is 35.9 Å². The van der Waals surface area contributed by atoms with Gasteiger partial charge in [0.25, 0.3) is 0 Å². The zero-order valence-electron chi connectivity index (χ0n) is 11.5. The van der Waals surface area contributed by atoms with Gasteiger partial charge in [0.15, 0.2) is 0 Å². The maximum Gasteiger partial charge on any atom is 0.133 e. The highest BCUT2D eigenvalue weighted by molar-refractivity contribution is 5.33. The third-order valence-corrected chi connectivity index (χ3v) is 3.24. The molecule has 5 nitrogen and oxygen atoms in total. The van der Waals surface area contributed by atoms with Crippen molar-refractivity contribution >= 4 is 0 Å². The van der Waals surface area contributed by atoms with E-state index in [0.717, 1.165) is 11.3 Å². The fourth-order valence-corrected chi connectivity index (χ4v) is 2.12. The van der Waals surface area contributed by atoms with Crippen LogP contribution in [0.4, 0.5) is 0 Å². The summed E-state index contributed by atoms with van der Waals surface area (Å²) in [5.74, 6) is 0.580. The van der Waals surface area contributed by atoms with Gasteiger partial charge in [-0.1, -0.05) is 12.1 Å². The fraction of sp³-hybridized carbons (Fsp3) is 0.188. The predicted octanol–water partition coefficient (Wildman–Crippen LogP) is 2.29. The van der Waals surface area contributed by atoms with E-state index in [9.17, 15) is 5.11 Å². The van der Waals surface area contributed by atoms with E-state index in [1.165, 1.54) is 0 Å². The quantitative estimate of drug-likeness (QED) is 0.728. The van der Waals surface area contributed by atoms with Crippen molar-refractivity contribution in [1.29, 1.82) is 0 Å². The van der Waals surface area contributed by atoms with Crippen molar-refractivity contribution in [2.24, 2.45) is 0 Å². The summed E-state index contributed by atoms with van der Waals surface area (Å²) in [5, 5.41) is 17.3. The molecule has 3 aromatic rings. The lowest BCUT2D eigenvalue weighted by molar-refractivity contribution is 0.147. The molecular weight excluding hydrogens is 266 g/mol. The minimum Gasteiger partial charge on any atom is -0.467 e. The summed E-state index contributed by atoms with van der Waals surface area (Å²) >= 11 is 0. The Morgan fingerprint density at radius 2 is 2.05 bits per heavy atom. The van der Waals surface area contributed by atoms with E-state index >= 15 is 0 Å². The normalized spacial score (nSPS) is 12.4. The van der Waals surface area contributed by atoms with Gasteiger partial charge in [-0.3, -0.25) is 0 Å². The van der Waals surface area contributed by atoms with Gasteiger partial charge < -0.3 is 14.8 Å². The van der Waals surface area contributed by atoms with Crippen molar-refractivity contribution in [3.8, 4) is 5.69 Å². The predicted molar refractivity (Wildman–Crippen MR) is 78.9 cm³/mol. The monoisotopic (exact) mass is 283 g/mol. The van der Waals surface area contributed by atoms with Crippen LogP contribution < -0.4 is 5.32 Å². The van der Waals surface area contributed by atoms with Crippen molar-refractivity contribution < 1.29 is 9.52 Å². The summed E-state index contributed by atoms with van der Waals surface area (Å²) in [7, 11) is 0. The standard InChI is InChI=1S/C16H17N3O2/c20-15(16-3-1-10-21-16)12-17-11-13-4-6-14(7-5-13)19-9-2-8-18-19/h1-10,15,17,20H,11-12H2. The van der Waals surface area contributed by atoms with Gasteiger partial charge in [-0.25, -0.2) is 4.68 Å². The second-order valence-electron chi connectivity index (χ2n) is 4.78. The maximum atomic E-state index is 9.89. The molecule has 0 aliphatic carbocycles. The van der Waals surface area contributed by atoms with Crippen LogP contribution in [0.2, 0.25) is 0 Å². The zero-order valence-corrected chi connectivity index (χ0v) is 11.5. The third-order valence-electron chi connectivity index (χ3n) is 3.24. The van der Waals surface area contributed by atoms with E-state index in [2.05, 4.69) is 10.4 Å². The summed E-state index contributed by atoms with van der Waals surface area (Å²) in [6.45, 7) is 1.14. The van der Waals surface area contributed by atoms with Gasteiger partial charge in [0.05, 0.1) is 12.0 Å². The first-order chi connectivity index (χ1) is 10.3. The van der Waals surface area contributed by atoms with E-state index in [1.807, 2.05) is 41.2 Å². The van der Waals surface area contributed by atoms with Gasteiger partial charge in [0, 0.05) is 25.5 Å². The van der Waals surface area contributed by atoms with Crippen molar-refractivity contribution in [2.45, 2.75) is 12.6 Å². The third kappa shape index (κ3) is 3.39. The minimum absolute atomic E-state index is 0.453. The van der Waals surface area contributed by atoms with Crippen molar-refractivity contribution in [3.63, 3.8) is 0 Å². The lowest BCUT2D eigenvalue weighted by Gasteiger charge is -2.10. The van der Waals surface area contributed by atoms with Crippen LogP contribution >= 0.6 is 0 Å². The van der Waals surface area contributed by atoms with E-state index in [0.29, 0.717) is 18.8 Å². The zero-order chi connectivity index (χ0) is 14.5. The number of hydrogen-bond acceptors (Lipinski definition) is 4. The molecule has 108 valence electrons. The van der Waals surface area contributed by atoms with Crippen LogP contribution in [0.3, 0.4) is 0 Å². The Bertz CT molecular complexity index is 645. The molecule has 2 N–H and O–H groups in total. The molecule has 21 heavy (non-hydrogen) atoms. The Hall–Kier alpha value is -2.37. The second kappa shape index (κ2) is 6.39. The molecule has 5 heteroatoms. The Balaban J connectivity index is 1.52. The number of hydrogen-bond donors (Lipinski definition) is 2. The van der Waals surface area contributed by atoms with Crippen LogP contribution in [-0.4, -0.2) is 21.4 Å². The highest BCUT2D eigenvalue weighted by Gasteiger charge is 2.09. The van der Waals surface area contributed by atoms with Gasteiger partial charge in [-0.2, -0.15) is 5.10 Å². The summed E-state index contributed by atoms with van der Waals surface area (Å²) < 4.78 is 6.97. The molecule has 0 fully saturated rings. The Morgan fingerprint density at radius 3 is 2.71 bits per heavy atom. The molecule has 0 bridgehead atoms. The summed E-state index contributed by atoms with van der Waals surface area (Å²) in [6.07, 6.45) is 4.61. The molecule has 0 amide bonds. The molecular formula is C16H17N3O2. The highest BCUT2D eigenvalue weighted by atomic mass is 16.4. The molecule has 0 saturated carbocycles. The van der Waals surface area contributed by atoms with Crippen molar-refractivity contribution in [3.05, 3.63) is 72.4 Å². The maximum absolute atomic E-state index is 9.89. The van der Waals surface area contributed by atoms with Crippen LogP contribution in [0.15, 0.2) is 65.5 Å². The molecule has 0 saturated heterocycles. The number of benzene rings is 1. The molecule has 0 aliphatic heterocycles. The average molecular weight is 283 g/mol. The largest absolute Gasteiger partial charge is 0.467 e. The summed E-state index contributed by atoms with van der Waals surface area (Å²) in [5.41, 5.74) is 2.18. The van der Waals surface area contributed by atoms with Gasteiger partial charge in [0.2, 0.25) is 0 Å². The van der Waals surface area contributed by atoms with Gasteiger partial charge in [0.1, 0.15) is 11.9 Å². The topological polar surface area (TPSA) is 63.2 Å². The summed E-state index contributed by atoms with van der Waals surface area (Å²) in [4.78, 5) is 0. The van der Waals surface area contributed by atoms with Crippen LogP contribution in [0.5, 0.6) is 0 Å². The highest BCUT2D eigenvalue weighted by Crippen LogP contribution is 2.12.